The van der Waals surface area contributed by atoms with Gasteiger partial charge >= 0.3 is 6.03 Å². The Morgan fingerprint density at radius 2 is 1.73 bits per heavy atom. The monoisotopic (exact) mass is 429 g/mol. The molecule has 1 aliphatic heterocycles. The highest BCUT2D eigenvalue weighted by atomic mass is 35.5. The number of benzene rings is 2. The van der Waals surface area contributed by atoms with Crippen LogP contribution in [0.4, 0.5) is 9.18 Å². The number of hydrogen-bond donors (Lipinski definition) is 1. The van der Waals surface area contributed by atoms with Gasteiger partial charge in [-0.05, 0) is 52.4 Å². The van der Waals surface area contributed by atoms with Crippen LogP contribution in [0.2, 0.25) is 5.02 Å². The first-order valence-electron chi connectivity index (χ1n) is 9.61. The van der Waals surface area contributed by atoms with Gasteiger partial charge in [-0.1, -0.05) is 23.7 Å². The Balaban J connectivity index is 1.28. The van der Waals surface area contributed by atoms with Crippen molar-refractivity contribution in [2.24, 2.45) is 0 Å². The summed E-state index contributed by atoms with van der Waals surface area (Å²) in [5.41, 5.74) is 1.70. The minimum Gasteiger partial charge on any atom is -0.334 e. The first kappa shape index (κ1) is 20.2. The smallest absolute Gasteiger partial charge is 0.317 e. The number of nitrogens with one attached hydrogen (secondary N) is 1. The second kappa shape index (κ2) is 9.19. The molecule has 0 spiro atoms. The molecule has 156 valence electrons. The van der Waals surface area contributed by atoms with Gasteiger partial charge in [0.15, 0.2) is 5.82 Å². The lowest BCUT2D eigenvalue weighted by Gasteiger charge is -2.34. The Kier molecular flexibility index (Phi) is 6.20. The van der Waals surface area contributed by atoms with E-state index in [1.165, 1.54) is 12.1 Å². The molecule has 10 heteroatoms. The van der Waals surface area contributed by atoms with Crippen molar-refractivity contribution in [3.63, 3.8) is 0 Å². The zero-order chi connectivity index (χ0) is 20.9. The number of nitrogens with zero attached hydrogens (tertiary/aromatic N) is 6. The van der Waals surface area contributed by atoms with Crippen LogP contribution in [0.5, 0.6) is 0 Å². The molecule has 0 aliphatic carbocycles. The van der Waals surface area contributed by atoms with Gasteiger partial charge in [0.05, 0.1) is 12.2 Å². The van der Waals surface area contributed by atoms with Crippen molar-refractivity contribution in [3.8, 4) is 5.69 Å². The molecule has 8 nitrogen and oxygen atoms in total. The Hall–Kier alpha value is -3.04. The number of piperazine rings is 1. The maximum Gasteiger partial charge on any atom is 0.317 e. The number of halogens is 2. The predicted octanol–water partition coefficient (Wildman–Crippen LogP) is 2.48. The molecule has 0 saturated carbocycles. The molecule has 2 heterocycles. The largest absolute Gasteiger partial charge is 0.334 e. The highest BCUT2D eigenvalue weighted by molar-refractivity contribution is 6.30. The van der Waals surface area contributed by atoms with Crippen LogP contribution in [0.3, 0.4) is 0 Å². The first-order chi connectivity index (χ1) is 14.6. The van der Waals surface area contributed by atoms with Gasteiger partial charge < -0.3 is 10.2 Å². The van der Waals surface area contributed by atoms with Crippen LogP contribution in [0.25, 0.3) is 5.69 Å². The quantitative estimate of drug-likeness (QED) is 0.674. The molecule has 0 radical (unpaired) electrons. The minimum absolute atomic E-state index is 0.0826. The predicted molar refractivity (Wildman–Crippen MR) is 110 cm³/mol. The number of aromatic nitrogens is 4. The number of carbonyl (C=O) groups excluding carboxylic acids is 1. The summed E-state index contributed by atoms with van der Waals surface area (Å²) in [5.74, 6) is 0.362. The third-order valence-electron chi connectivity index (χ3n) is 4.99. The van der Waals surface area contributed by atoms with Gasteiger partial charge in [-0.15, -0.1) is 5.10 Å². The Labute approximate surface area is 178 Å². The van der Waals surface area contributed by atoms with Crippen LogP contribution >= 0.6 is 11.6 Å². The van der Waals surface area contributed by atoms with Gasteiger partial charge in [-0.25, -0.2) is 9.18 Å². The van der Waals surface area contributed by atoms with E-state index in [0.717, 1.165) is 5.56 Å². The van der Waals surface area contributed by atoms with Crippen molar-refractivity contribution >= 4 is 17.6 Å². The second-order valence-corrected chi connectivity index (χ2v) is 7.47. The van der Waals surface area contributed by atoms with Gasteiger partial charge in [0.2, 0.25) is 0 Å². The summed E-state index contributed by atoms with van der Waals surface area (Å²) >= 11 is 5.88. The third kappa shape index (κ3) is 4.92. The van der Waals surface area contributed by atoms with Crippen molar-refractivity contribution in [3.05, 3.63) is 70.8 Å². The van der Waals surface area contributed by atoms with Crippen molar-refractivity contribution in [2.45, 2.75) is 13.1 Å². The molecule has 0 unspecified atom stereocenters. The number of hydrogen-bond acceptors (Lipinski definition) is 5. The zero-order valence-corrected chi connectivity index (χ0v) is 17.0. The van der Waals surface area contributed by atoms with E-state index in [9.17, 15) is 9.18 Å². The van der Waals surface area contributed by atoms with E-state index in [0.29, 0.717) is 55.8 Å². The Bertz CT molecular complexity index is 985. The van der Waals surface area contributed by atoms with Crippen molar-refractivity contribution in [1.82, 2.24) is 35.3 Å². The molecular formula is C20H21ClFN7O. The summed E-state index contributed by atoms with van der Waals surface area (Å²) in [6.45, 7) is 3.66. The number of urea groups is 1. The summed E-state index contributed by atoms with van der Waals surface area (Å²) in [6, 6.07) is 13.3. The van der Waals surface area contributed by atoms with Crippen LogP contribution in [0.15, 0.2) is 48.5 Å². The Morgan fingerprint density at radius 3 is 2.43 bits per heavy atom. The van der Waals surface area contributed by atoms with Gasteiger partial charge in [0, 0.05) is 37.7 Å². The lowest BCUT2D eigenvalue weighted by atomic mass is 10.2. The van der Waals surface area contributed by atoms with Crippen LogP contribution in [-0.2, 0) is 13.1 Å². The SMILES string of the molecule is O=C(NCc1ccc(Cl)cc1)N1CCN(Cc2nnnn2-c2ccc(F)cc2)CC1. The van der Waals surface area contributed by atoms with E-state index in [1.807, 2.05) is 12.1 Å². The molecule has 0 bridgehead atoms. The molecular weight excluding hydrogens is 409 g/mol. The molecule has 0 atom stereocenters. The van der Waals surface area contributed by atoms with E-state index in [1.54, 1.807) is 33.8 Å². The molecule has 1 saturated heterocycles. The molecule has 3 aromatic rings. The van der Waals surface area contributed by atoms with Crippen LogP contribution in [0, 0.1) is 5.82 Å². The number of tetrazole rings is 1. The lowest BCUT2D eigenvalue weighted by molar-refractivity contribution is 0.133. The number of rotatable bonds is 5. The summed E-state index contributed by atoms with van der Waals surface area (Å²) in [6.07, 6.45) is 0. The third-order valence-corrected chi connectivity index (χ3v) is 5.24. The summed E-state index contributed by atoms with van der Waals surface area (Å²) in [7, 11) is 0. The van der Waals surface area contributed by atoms with Gasteiger partial charge in [-0.2, -0.15) is 4.68 Å². The minimum atomic E-state index is -0.307. The fourth-order valence-corrected chi connectivity index (χ4v) is 3.41. The van der Waals surface area contributed by atoms with E-state index in [2.05, 4.69) is 25.7 Å². The van der Waals surface area contributed by atoms with E-state index >= 15 is 0 Å². The zero-order valence-electron chi connectivity index (χ0n) is 16.2. The average Bonchev–Trinajstić information content (AvgIpc) is 3.22. The van der Waals surface area contributed by atoms with Gasteiger partial charge in [-0.3, -0.25) is 4.90 Å². The maximum atomic E-state index is 13.2. The fraction of sp³-hybridized carbons (Fsp3) is 0.300. The fourth-order valence-electron chi connectivity index (χ4n) is 3.29. The van der Waals surface area contributed by atoms with Crippen molar-refractivity contribution in [2.75, 3.05) is 26.2 Å². The van der Waals surface area contributed by atoms with E-state index in [4.69, 9.17) is 11.6 Å². The molecule has 1 N–H and O–H groups in total. The highest BCUT2D eigenvalue weighted by Gasteiger charge is 2.22. The Morgan fingerprint density at radius 1 is 1.03 bits per heavy atom. The number of carbonyl (C=O) groups is 1. The molecule has 30 heavy (non-hydrogen) atoms. The van der Waals surface area contributed by atoms with E-state index in [-0.39, 0.29) is 11.8 Å². The van der Waals surface area contributed by atoms with Crippen LogP contribution in [-0.4, -0.2) is 62.2 Å². The topological polar surface area (TPSA) is 79.2 Å². The average molecular weight is 430 g/mol. The van der Waals surface area contributed by atoms with Crippen LogP contribution < -0.4 is 5.32 Å². The molecule has 1 aromatic heterocycles. The molecule has 2 amide bonds. The normalized spacial score (nSPS) is 14.7. The molecule has 2 aromatic carbocycles. The summed E-state index contributed by atoms with van der Waals surface area (Å²) < 4.78 is 14.8. The highest BCUT2D eigenvalue weighted by Crippen LogP contribution is 2.13. The molecule has 1 fully saturated rings. The number of amides is 2. The standard InChI is InChI=1S/C20H21ClFN7O/c21-16-3-1-15(2-4-16)13-23-20(30)28-11-9-27(10-12-28)14-19-24-25-26-29(19)18-7-5-17(22)6-8-18/h1-8H,9-14H2,(H,23,30). The van der Waals surface area contributed by atoms with Crippen molar-refractivity contribution < 1.29 is 9.18 Å². The summed E-state index contributed by atoms with van der Waals surface area (Å²) in [4.78, 5) is 16.4. The van der Waals surface area contributed by atoms with Crippen molar-refractivity contribution in [1.29, 1.82) is 0 Å². The first-order valence-corrected chi connectivity index (χ1v) is 9.99. The molecule has 1 aliphatic rings. The maximum absolute atomic E-state index is 13.2. The van der Waals surface area contributed by atoms with Gasteiger partial charge in [0.1, 0.15) is 5.82 Å². The second-order valence-electron chi connectivity index (χ2n) is 7.03. The van der Waals surface area contributed by atoms with E-state index < -0.39 is 0 Å². The summed E-state index contributed by atoms with van der Waals surface area (Å²) in [5, 5.41) is 15.5. The van der Waals surface area contributed by atoms with Gasteiger partial charge in [0.25, 0.3) is 0 Å². The lowest BCUT2D eigenvalue weighted by Crippen LogP contribution is -2.51. The molecule has 4 rings (SSSR count). The van der Waals surface area contributed by atoms with Crippen LogP contribution in [0.1, 0.15) is 11.4 Å².